The van der Waals surface area contributed by atoms with E-state index >= 15 is 0 Å². The molecular weight excluding hydrogens is 260 g/mol. The molecule has 1 aromatic rings. The average Bonchev–Trinajstić information content (AvgIpc) is 2.46. The van der Waals surface area contributed by atoms with Crippen LogP contribution in [0.1, 0.15) is 19.8 Å². The van der Waals surface area contributed by atoms with Crippen LogP contribution in [0.3, 0.4) is 0 Å². The van der Waals surface area contributed by atoms with Crippen molar-refractivity contribution in [1.82, 2.24) is 20.2 Å². The Bertz CT molecular complexity index is 466. The number of likely N-dealkylation sites (tertiary alicyclic amines) is 1. The largest absolute Gasteiger partial charge is 0.458 e. The third-order valence-corrected chi connectivity index (χ3v) is 3.03. The monoisotopic (exact) mass is 278 g/mol. The van der Waals surface area contributed by atoms with E-state index in [1.54, 1.807) is 23.4 Å². The lowest BCUT2D eigenvalue weighted by atomic mass is 10.1. The highest BCUT2D eigenvalue weighted by atomic mass is 16.5. The summed E-state index contributed by atoms with van der Waals surface area (Å²) in [5.74, 6) is -0.302. The van der Waals surface area contributed by atoms with Crippen molar-refractivity contribution in [2.24, 2.45) is 0 Å². The number of carbonyl (C=O) groups excluding carboxylic acids is 2. The van der Waals surface area contributed by atoms with Gasteiger partial charge in [0, 0.05) is 25.9 Å². The summed E-state index contributed by atoms with van der Waals surface area (Å²) in [5.41, 5.74) is 0. The van der Waals surface area contributed by atoms with Crippen LogP contribution in [-0.2, 0) is 9.59 Å². The van der Waals surface area contributed by atoms with E-state index in [-0.39, 0.29) is 24.5 Å². The minimum Gasteiger partial charge on any atom is -0.458 e. The van der Waals surface area contributed by atoms with E-state index in [2.05, 4.69) is 15.3 Å². The minimum absolute atomic E-state index is 0.0316. The number of piperidine rings is 1. The third kappa shape index (κ3) is 4.18. The Morgan fingerprint density at radius 1 is 1.45 bits per heavy atom. The van der Waals surface area contributed by atoms with Crippen molar-refractivity contribution in [3.8, 4) is 6.01 Å². The summed E-state index contributed by atoms with van der Waals surface area (Å²) in [7, 11) is 0. The number of ether oxygens (including phenoxy) is 1. The molecule has 0 spiro atoms. The maximum atomic E-state index is 11.9. The van der Waals surface area contributed by atoms with E-state index in [1.165, 1.54) is 6.92 Å². The lowest BCUT2D eigenvalue weighted by Gasteiger charge is -2.32. The van der Waals surface area contributed by atoms with Crippen LogP contribution < -0.4 is 10.1 Å². The van der Waals surface area contributed by atoms with Crippen LogP contribution in [0.2, 0.25) is 0 Å². The summed E-state index contributed by atoms with van der Waals surface area (Å²) in [6.07, 6.45) is 4.86. The number of amides is 2. The van der Waals surface area contributed by atoms with Gasteiger partial charge in [-0.1, -0.05) is 0 Å². The Hall–Kier alpha value is -2.18. The molecule has 2 amide bonds. The lowest BCUT2D eigenvalue weighted by Crippen LogP contribution is -2.47. The molecule has 1 aliphatic rings. The van der Waals surface area contributed by atoms with Gasteiger partial charge in [0.2, 0.25) is 11.8 Å². The van der Waals surface area contributed by atoms with Gasteiger partial charge < -0.3 is 15.0 Å². The van der Waals surface area contributed by atoms with Gasteiger partial charge in [-0.2, -0.15) is 0 Å². The molecule has 1 N–H and O–H groups in total. The molecule has 1 fully saturated rings. The summed E-state index contributed by atoms with van der Waals surface area (Å²) in [6, 6.07) is 2.05. The van der Waals surface area contributed by atoms with Gasteiger partial charge in [0.05, 0.1) is 13.1 Å². The standard InChI is InChI=1S/C13H18N4O3/c1-10(18)16-8-12(19)17-7-2-4-11(9-17)20-13-14-5-3-6-15-13/h3,5-6,11H,2,4,7-9H2,1H3,(H,16,18). The van der Waals surface area contributed by atoms with E-state index in [0.29, 0.717) is 19.1 Å². The van der Waals surface area contributed by atoms with Gasteiger partial charge in [-0.15, -0.1) is 0 Å². The van der Waals surface area contributed by atoms with Gasteiger partial charge >= 0.3 is 6.01 Å². The molecule has 1 aliphatic heterocycles. The molecule has 0 aliphatic carbocycles. The van der Waals surface area contributed by atoms with Crippen molar-refractivity contribution in [3.63, 3.8) is 0 Å². The molecule has 20 heavy (non-hydrogen) atoms. The van der Waals surface area contributed by atoms with Crippen LogP contribution in [0.25, 0.3) is 0 Å². The van der Waals surface area contributed by atoms with E-state index < -0.39 is 0 Å². The van der Waals surface area contributed by atoms with Crippen molar-refractivity contribution >= 4 is 11.8 Å². The molecule has 1 atom stereocenters. The van der Waals surface area contributed by atoms with Crippen LogP contribution >= 0.6 is 0 Å². The maximum Gasteiger partial charge on any atom is 0.316 e. The Kier molecular flexibility index (Phi) is 4.86. The minimum atomic E-state index is -0.208. The molecule has 7 heteroatoms. The van der Waals surface area contributed by atoms with Crippen LogP contribution in [0, 0.1) is 0 Å². The van der Waals surface area contributed by atoms with Crippen molar-refractivity contribution in [1.29, 1.82) is 0 Å². The molecule has 1 unspecified atom stereocenters. The van der Waals surface area contributed by atoms with Gasteiger partial charge in [0.25, 0.3) is 0 Å². The maximum absolute atomic E-state index is 11.9. The zero-order valence-corrected chi connectivity index (χ0v) is 11.4. The summed E-state index contributed by atoms with van der Waals surface area (Å²) in [5, 5.41) is 2.51. The van der Waals surface area contributed by atoms with Gasteiger partial charge in [0.15, 0.2) is 0 Å². The number of nitrogens with one attached hydrogen (secondary N) is 1. The zero-order valence-electron chi connectivity index (χ0n) is 11.4. The lowest BCUT2D eigenvalue weighted by molar-refractivity contribution is -0.134. The summed E-state index contributed by atoms with van der Waals surface area (Å²) in [4.78, 5) is 32.5. The second-order valence-corrected chi connectivity index (χ2v) is 4.66. The molecule has 0 aromatic carbocycles. The molecule has 1 aromatic heterocycles. The number of rotatable bonds is 4. The fraction of sp³-hybridized carbons (Fsp3) is 0.538. The van der Waals surface area contributed by atoms with E-state index in [9.17, 15) is 9.59 Å². The average molecular weight is 278 g/mol. The molecule has 0 radical (unpaired) electrons. The summed E-state index contributed by atoms with van der Waals surface area (Å²) >= 11 is 0. The first-order valence-electron chi connectivity index (χ1n) is 6.61. The van der Waals surface area contributed by atoms with Gasteiger partial charge in [0.1, 0.15) is 6.10 Å². The number of nitrogens with zero attached hydrogens (tertiary/aromatic N) is 3. The van der Waals surface area contributed by atoms with Crippen molar-refractivity contribution in [2.75, 3.05) is 19.6 Å². The quantitative estimate of drug-likeness (QED) is 0.837. The third-order valence-electron chi connectivity index (χ3n) is 3.03. The second-order valence-electron chi connectivity index (χ2n) is 4.66. The molecule has 7 nitrogen and oxygen atoms in total. The molecule has 2 heterocycles. The van der Waals surface area contributed by atoms with Crippen LogP contribution in [0.5, 0.6) is 6.01 Å². The predicted molar refractivity (Wildman–Crippen MR) is 70.9 cm³/mol. The van der Waals surface area contributed by atoms with Gasteiger partial charge in [-0.25, -0.2) is 9.97 Å². The fourth-order valence-corrected chi connectivity index (χ4v) is 2.07. The van der Waals surface area contributed by atoms with Crippen molar-refractivity contribution < 1.29 is 14.3 Å². The molecular formula is C13H18N4O3. The number of carbonyl (C=O) groups is 2. The van der Waals surface area contributed by atoms with Crippen molar-refractivity contribution in [3.05, 3.63) is 18.5 Å². The summed E-state index contributed by atoms with van der Waals surface area (Å²) in [6.45, 7) is 2.61. The molecule has 0 bridgehead atoms. The van der Waals surface area contributed by atoms with Crippen molar-refractivity contribution in [2.45, 2.75) is 25.9 Å². The molecule has 0 saturated carbocycles. The Labute approximate surface area is 117 Å². The molecule has 1 saturated heterocycles. The van der Waals surface area contributed by atoms with E-state index in [1.807, 2.05) is 0 Å². The zero-order chi connectivity index (χ0) is 14.4. The highest BCUT2D eigenvalue weighted by Crippen LogP contribution is 2.14. The first-order valence-corrected chi connectivity index (χ1v) is 6.61. The predicted octanol–water partition coefficient (Wildman–Crippen LogP) is -0.0175. The highest BCUT2D eigenvalue weighted by molar-refractivity contribution is 5.83. The Morgan fingerprint density at radius 3 is 2.90 bits per heavy atom. The Balaban J connectivity index is 1.85. The van der Waals surface area contributed by atoms with E-state index in [0.717, 1.165) is 12.8 Å². The number of aromatic nitrogens is 2. The topological polar surface area (TPSA) is 84.4 Å². The SMILES string of the molecule is CC(=O)NCC(=O)N1CCCC(Oc2ncccn2)C1. The van der Waals surface area contributed by atoms with Crippen LogP contribution in [0.15, 0.2) is 18.5 Å². The highest BCUT2D eigenvalue weighted by Gasteiger charge is 2.25. The normalized spacial score (nSPS) is 18.4. The smallest absolute Gasteiger partial charge is 0.316 e. The van der Waals surface area contributed by atoms with E-state index in [4.69, 9.17) is 4.74 Å². The number of hydrogen-bond acceptors (Lipinski definition) is 5. The number of hydrogen-bond donors (Lipinski definition) is 1. The second kappa shape index (κ2) is 6.83. The van der Waals surface area contributed by atoms with Gasteiger partial charge in [-0.05, 0) is 18.9 Å². The first-order chi connectivity index (χ1) is 9.65. The molecule has 108 valence electrons. The first kappa shape index (κ1) is 14.2. The summed E-state index contributed by atoms with van der Waals surface area (Å²) < 4.78 is 5.66. The fourth-order valence-electron chi connectivity index (χ4n) is 2.07. The van der Waals surface area contributed by atoms with Crippen LogP contribution in [0.4, 0.5) is 0 Å². The van der Waals surface area contributed by atoms with Gasteiger partial charge in [-0.3, -0.25) is 9.59 Å². The Morgan fingerprint density at radius 2 is 2.20 bits per heavy atom. The van der Waals surface area contributed by atoms with Crippen LogP contribution in [-0.4, -0.2) is 52.4 Å². The molecule has 2 rings (SSSR count).